The van der Waals surface area contributed by atoms with Crippen molar-refractivity contribution >= 4 is 29.6 Å². The number of allylic oxidation sites excluding steroid dienone is 2. The van der Waals surface area contributed by atoms with E-state index in [2.05, 4.69) is 29.2 Å². The first kappa shape index (κ1) is 26.6. The molecule has 8 nitrogen and oxygen atoms in total. The summed E-state index contributed by atoms with van der Waals surface area (Å²) in [5.41, 5.74) is 2.42. The fourth-order valence-electron chi connectivity index (χ4n) is 4.35. The highest BCUT2D eigenvalue weighted by atomic mass is 16.5. The summed E-state index contributed by atoms with van der Waals surface area (Å²) < 4.78 is 9.79. The zero-order chi connectivity index (χ0) is 26.9. The lowest BCUT2D eigenvalue weighted by Crippen LogP contribution is -2.48. The largest absolute Gasteiger partial charge is 0.465 e. The van der Waals surface area contributed by atoms with Crippen molar-refractivity contribution in [2.24, 2.45) is 0 Å². The van der Waals surface area contributed by atoms with Crippen LogP contribution in [0.1, 0.15) is 15.9 Å². The van der Waals surface area contributed by atoms with E-state index in [4.69, 9.17) is 9.47 Å². The predicted octanol–water partition coefficient (Wildman–Crippen LogP) is 3.65. The van der Waals surface area contributed by atoms with Crippen LogP contribution in [0.3, 0.4) is 0 Å². The summed E-state index contributed by atoms with van der Waals surface area (Å²) in [7, 11) is 2.50. The Labute approximate surface area is 222 Å². The Hall–Kier alpha value is -4.43. The van der Waals surface area contributed by atoms with Gasteiger partial charge in [-0.25, -0.2) is 9.59 Å². The minimum absolute atomic E-state index is 0.0286. The molecule has 0 N–H and O–H groups in total. The fraction of sp³-hybridized carbons (Fsp3) is 0.233. The molecule has 8 heteroatoms. The van der Waals surface area contributed by atoms with Crippen molar-refractivity contribution in [2.45, 2.75) is 0 Å². The first-order valence-corrected chi connectivity index (χ1v) is 12.4. The number of nitrogens with zero attached hydrogens (tertiary/aromatic N) is 3. The lowest BCUT2D eigenvalue weighted by atomic mass is 10.1. The maximum Gasteiger partial charge on any atom is 0.355 e. The number of benzene rings is 2. The van der Waals surface area contributed by atoms with E-state index in [0.29, 0.717) is 24.3 Å². The Morgan fingerprint density at radius 2 is 1.53 bits per heavy atom. The van der Waals surface area contributed by atoms with E-state index in [-0.39, 0.29) is 17.2 Å². The lowest BCUT2D eigenvalue weighted by Gasteiger charge is -2.34. The zero-order valence-electron chi connectivity index (χ0n) is 21.6. The Balaban J connectivity index is 1.41. The van der Waals surface area contributed by atoms with Crippen molar-refractivity contribution in [1.82, 2.24) is 9.80 Å². The van der Waals surface area contributed by atoms with Crippen LogP contribution in [0.15, 0.2) is 96.4 Å². The Morgan fingerprint density at radius 3 is 2.18 bits per heavy atom. The molecule has 38 heavy (non-hydrogen) atoms. The summed E-state index contributed by atoms with van der Waals surface area (Å²) in [6, 6.07) is 17.1. The van der Waals surface area contributed by atoms with Gasteiger partial charge in [0.05, 0.1) is 19.8 Å². The second kappa shape index (κ2) is 12.7. The molecule has 0 aromatic heterocycles. The summed E-state index contributed by atoms with van der Waals surface area (Å²) in [4.78, 5) is 43.8. The molecular weight excluding hydrogens is 482 g/mol. The first-order chi connectivity index (χ1) is 18.5. The van der Waals surface area contributed by atoms with Crippen LogP contribution in [-0.2, 0) is 19.1 Å². The number of carbonyl (C=O) groups is 3. The average Bonchev–Trinajstić information content (AvgIpc) is 3.20. The van der Waals surface area contributed by atoms with E-state index in [1.165, 1.54) is 25.9 Å². The molecule has 0 spiro atoms. The summed E-state index contributed by atoms with van der Waals surface area (Å²) in [5.74, 6) is -1.38. The van der Waals surface area contributed by atoms with Gasteiger partial charge in [0.1, 0.15) is 5.70 Å². The van der Waals surface area contributed by atoms with E-state index >= 15 is 0 Å². The van der Waals surface area contributed by atoms with Crippen LogP contribution in [0.25, 0.3) is 6.08 Å². The zero-order valence-corrected chi connectivity index (χ0v) is 21.6. The molecule has 0 bridgehead atoms. The van der Waals surface area contributed by atoms with Crippen molar-refractivity contribution in [3.8, 4) is 0 Å². The van der Waals surface area contributed by atoms with Gasteiger partial charge in [0.25, 0.3) is 5.91 Å². The number of esters is 2. The second-order valence-corrected chi connectivity index (χ2v) is 8.77. The molecule has 0 atom stereocenters. The quantitative estimate of drug-likeness (QED) is 0.523. The fourth-order valence-corrected chi connectivity index (χ4v) is 4.35. The number of carbonyl (C=O) groups excluding carboxylic acids is 3. The third kappa shape index (κ3) is 6.27. The number of hydrogen-bond acceptors (Lipinski definition) is 7. The highest BCUT2D eigenvalue weighted by molar-refractivity contribution is 6.05. The number of ether oxygens (including phenoxy) is 2. The molecule has 1 amide bonds. The van der Waals surface area contributed by atoms with Gasteiger partial charge in [-0.1, -0.05) is 48.6 Å². The molecule has 2 aromatic carbocycles. The molecule has 0 radical (unpaired) electrons. The van der Waals surface area contributed by atoms with Gasteiger partial charge in [-0.2, -0.15) is 0 Å². The van der Waals surface area contributed by atoms with Crippen LogP contribution in [0.2, 0.25) is 0 Å². The third-order valence-electron chi connectivity index (χ3n) is 6.41. The van der Waals surface area contributed by atoms with E-state index < -0.39 is 11.9 Å². The van der Waals surface area contributed by atoms with Crippen molar-refractivity contribution < 1.29 is 23.9 Å². The smallest absolute Gasteiger partial charge is 0.355 e. The second-order valence-electron chi connectivity index (χ2n) is 8.77. The summed E-state index contributed by atoms with van der Waals surface area (Å²) in [5, 5.41) is 0. The van der Waals surface area contributed by atoms with Gasteiger partial charge < -0.3 is 19.3 Å². The number of piperazine rings is 1. The van der Waals surface area contributed by atoms with Crippen LogP contribution < -0.4 is 4.90 Å². The Morgan fingerprint density at radius 1 is 0.842 bits per heavy atom. The molecule has 2 aromatic rings. The molecule has 1 saturated heterocycles. The van der Waals surface area contributed by atoms with Gasteiger partial charge in [0.15, 0.2) is 0 Å². The monoisotopic (exact) mass is 513 g/mol. The van der Waals surface area contributed by atoms with E-state index in [0.717, 1.165) is 19.6 Å². The average molecular weight is 514 g/mol. The molecule has 2 aliphatic heterocycles. The SMILES string of the molecule is COC(=O)C1=C(C(=O)OC)N(c2ccc(C(=O)N3CCN(CC=Cc4ccccc4)CC3)cc2)C=CC=C1. The number of rotatable bonds is 7. The van der Waals surface area contributed by atoms with Gasteiger partial charge in [-0.05, 0) is 42.0 Å². The van der Waals surface area contributed by atoms with Gasteiger partial charge in [0, 0.05) is 50.2 Å². The number of methoxy groups -OCH3 is 2. The molecule has 196 valence electrons. The summed E-state index contributed by atoms with van der Waals surface area (Å²) >= 11 is 0. The Bertz CT molecular complexity index is 1270. The van der Waals surface area contributed by atoms with Gasteiger partial charge in [-0.3, -0.25) is 9.69 Å². The molecule has 4 rings (SSSR count). The minimum Gasteiger partial charge on any atom is -0.465 e. The molecule has 1 fully saturated rings. The molecule has 2 heterocycles. The predicted molar refractivity (Wildman–Crippen MR) is 146 cm³/mol. The minimum atomic E-state index is -0.682. The van der Waals surface area contributed by atoms with E-state index in [9.17, 15) is 14.4 Å². The van der Waals surface area contributed by atoms with Crippen molar-refractivity contribution in [1.29, 1.82) is 0 Å². The van der Waals surface area contributed by atoms with Crippen LogP contribution in [0.4, 0.5) is 5.69 Å². The molecule has 0 aliphatic carbocycles. The van der Waals surface area contributed by atoms with Gasteiger partial charge in [-0.15, -0.1) is 0 Å². The molecular formula is C30H31N3O5. The maximum atomic E-state index is 13.2. The molecule has 0 unspecified atom stereocenters. The molecule has 2 aliphatic rings. The standard InChI is InChI=1S/C30H31N3O5/c1-37-29(35)26-12-6-7-18-33(27(26)30(36)38-2)25-15-13-24(14-16-25)28(34)32-21-19-31(20-22-32)17-8-11-23-9-4-3-5-10-23/h3-16,18H,17,19-22H2,1-2H3. The number of amides is 1. The van der Waals surface area contributed by atoms with Crippen LogP contribution in [0, 0.1) is 0 Å². The van der Waals surface area contributed by atoms with Crippen LogP contribution in [-0.4, -0.2) is 74.6 Å². The van der Waals surface area contributed by atoms with Gasteiger partial charge >= 0.3 is 11.9 Å². The van der Waals surface area contributed by atoms with Gasteiger partial charge in [0.2, 0.25) is 0 Å². The molecule has 0 saturated carbocycles. The number of anilines is 1. The summed E-state index contributed by atoms with van der Waals surface area (Å²) in [6.07, 6.45) is 10.8. The van der Waals surface area contributed by atoms with Crippen molar-refractivity contribution in [3.63, 3.8) is 0 Å². The highest BCUT2D eigenvalue weighted by Gasteiger charge is 2.28. The normalized spacial score (nSPS) is 16.1. The third-order valence-corrected chi connectivity index (χ3v) is 6.41. The Kier molecular flexibility index (Phi) is 8.89. The van der Waals surface area contributed by atoms with E-state index in [1.54, 1.807) is 47.5 Å². The number of hydrogen-bond donors (Lipinski definition) is 0. The lowest BCUT2D eigenvalue weighted by molar-refractivity contribution is -0.139. The summed E-state index contributed by atoms with van der Waals surface area (Å²) in [6.45, 7) is 3.75. The first-order valence-electron chi connectivity index (χ1n) is 12.4. The topological polar surface area (TPSA) is 79.4 Å². The van der Waals surface area contributed by atoms with E-state index in [1.807, 2.05) is 23.1 Å². The van der Waals surface area contributed by atoms with Crippen molar-refractivity contribution in [3.05, 3.63) is 107 Å². The van der Waals surface area contributed by atoms with Crippen molar-refractivity contribution in [2.75, 3.05) is 51.8 Å². The maximum absolute atomic E-state index is 13.2. The highest BCUT2D eigenvalue weighted by Crippen LogP contribution is 2.27. The van der Waals surface area contributed by atoms with Crippen LogP contribution >= 0.6 is 0 Å². The van der Waals surface area contributed by atoms with Crippen LogP contribution in [0.5, 0.6) is 0 Å².